The quantitative estimate of drug-likeness (QED) is 0.448. The van der Waals surface area contributed by atoms with Crippen LogP contribution in [-0.2, 0) is 9.59 Å². The van der Waals surface area contributed by atoms with Gasteiger partial charge in [-0.25, -0.2) is 4.90 Å². The molecule has 0 radical (unpaired) electrons. The third-order valence-corrected chi connectivity index (χ3v) is 6.09. The number of hydrogen-bond acceptors (Lipinski definition) is 5. The second-order valence-corrected chi connectivity index (χ2v) is 8.50. The predicted octanol–water partition coefficient (Wildman–Crippen LogP) is 5.99. The van der Waals surface area contributed by atoms with E-state index in [1.807, 2.05) is 0 Å². The van der Waals surface area contributed by atoms with E-state index in [1.165, 1.54) is 11.8 Å². The number of amides is 2. The van der Waals surface area contributed by atoms with Gasteiger partial charge < -0.3 is 10.1 Å². The number of anilines is 2. The Morgan fingerprint density at radius 3 is 2.16 bits per heavy atom. The van der Waals surface area contributed by atoms with E-state index >= 15 is 0 Å². The van der Waals surface area contributed by atoms with Crippen LogP contribution in [0.2, 0.25) is 10.0 Å². The van der Waals surface area contributed by atoms with Crippen LogP contribution in [0.25, 0.3) is 0 Å². The lowest BCUT2D eigenvalue weighted by Crippen LogP contribution is -2.32. The summed E-state index contributed by atoms with van der Waals surface area (Å²) in [5.74, 6) is -0.242. The van der Waals surface area contributed by atoms with Gasteiger partial charge in [-0.05, 0) is 60.7 Å². The lowest BCUT2D eigenvalue weighted by molar-refractivity contribution is -0.120. The Labute approximate surface area is 193 Å². The molecular formula is C23H16Cl2N2O3S. The fourth-order valence-corrected chi connectivity index (χ4v) is 4.18. The summed E-state index contributed by atoms with van der Waals surface area (Å²) in [6.07, 6.45) is 0. The standard InChI is InChI=1S/C23H16Cl2N2O3S/c1-30-18-4-2-3-16(13-18)26-20-21(31-19-11-7-15(25)8-12-19)23(29)27(22(20)28)17-9-5-14(24)6-10-17/h2-13,26H,1H3. The molecule has 5 nitrogen and oxygen atoms in total. The molecule has 0 aliphatic carbocycles. The van der Waals surface area contributed by atoms with Crippen LogP contribution in [0.4, 0.5) is 11.4 Å². The van der Waals surface area contributed by atoms with Gasteiger partial charge in [-0.2, -0.15) is 0 Å². The summed E-state index contributed by atoms with van der Waals surface area (Å²) in [4.78, 5) is 28.8. The molecule has 3 aromatic rings. The Bertz CT molecular complexity index is 1180. The zero-order valence-electron chi connectivity index (χ0n) is 16.3. The number of carbonyl (C=O) groups is 2. The minimum atomic E-state index is -0.452. The van der Waals surface area contributed by atoms with Gasteiger partial charge in [0.15, 0.2) is 0 Å². The van der Waals surface area contributed by atoms with E-state index in [-0.39, 0.29) is 10.6 Å². The average molecular weight is 471 g/mol. The fourth-order valence-electron chi connectivity index (χ4n) is 3.00. The normalized spacial score (nSPS) is 13.7. The molecule has 0 fully saturated rings. The summed E-state index contributed by atoms with van der Waals surface area (Å²) < 4.78 is 5.25. The molecule has 4 rings (SSSR count). The van der Waals surface area contributed by atoms with Crippen molar-refractivity contribution in [2.45, 2.75) is 4.90 Å². The molecule has 0 saturated carbocycles. The summed E-state index contributed by atoms with van der Waals surface area (Å²) >= 11 is 13.1. The lowest BCUT2D eigenvalue weighted by atomic mass is 10.2. The molecule has 0 spiro atoms. The van der Waals surface area contributed by atoms with E-state index in [0.29, 0.717) is 27.2 Å². The first-order valence-electron chi connectivity index (χ1n) is 9.19. The van der Waals surface area contributed by atoms with Crippen molar-refractivity contribution in [2.75, 3.05) is 17.3 Å². The molecule has 0 aromatic heterocycles. The molecule has 156 valence electrons. The van der Waals surface area contributed by atoms with Crippen molar-refractivity contribution in [3.05, 3.63) is 93.4 Å². The van der Waals surface area contributed by atoms with Crippen LogP contribution in [0.15, 0.2) is 88.3 Å². The maximum atomic E-state index is 13.3. The highest BCUT2D eigenvalue weighted by molar-refractivity contribution is 8.04. The summed E-state index contributed by atoms with van der Waals surface area (Å²) in [7, 11) is 1.56. The molecule has 1 N–H and O–H groups in total. The first kappa shape index (κ1) is 21.3. The number of thioether (sulfide) groups is 1. The van der Waals surface area contributed by atoms with E-state index in [1.54, 1.807) is 79.9 Å². The molecule has 8 heteroatoms. The zero-order chi connectivity index (χ0) is 22.0. The molecule has 2 amide bonds. The number of carbonyl (C=O) groups excluding carboxylic acids is 2. The zero-order valence-corrected chi connectivity index (χ0v) is 18.6. The number of ether oxygens (including phenoxy) is 1. The first-order chi connectivity index (χ1) is 15.0. The molecule has 0 unspecified atom stereocenters. The number of imide groups is 1. The topological polar surface area (TPSA) is 58.6 Å². The summed E-state index contributed by atoms with van der Waals surface area (Å²) in [6, 6.07) is 20.7. The van der Waals surface area contributed by atoms with E-state index in [4.69, 9.17) is 27.9 Å². The molecule has 1 aliphatic rings. The van der Waals surface area contributed by atoms with Crippen molar-refractivity contribution in [3.63, 3.8) is 0 Å². The van der Waals surface area contributed by atoms with Gasteiger partial charge in [0.1, 0.15) is 16.4 Å². The van der Waals surface area contributed by atoms with Crippen molar-refractivity contribution >= 4 is 58.2 Å². The van der Waals surface area contributed by atoms with E-state index in [0.717, 1.165) is 9.80 Å². The molecule has 0 atom stereocenters. The third-order valence-electron chi connectivity index (χ3n) is 4.50. The van der Waals surface area contributed by atoms with Crippen LogP contribution >= 0.6 is 35.0 Å². The number of hydrogen-bond donors (Lipinski definition) is 1. The average Bonchev–Trinajstić information content (AvgIpc) is 3.00. The van der Waals surface area contributed by atoms with Crippen LogP contribution in [0, 0.1) is 0 Å². The predicted molar refractivity (Wildman–Crippen MR) is 125 cm³/mol. The maximum absolute atomic E-state index is 13.3. The van der Waals surface area contributed by atoms with Crippen molar-refractivity contribution in [1.82, 2.24) is 0 Å². The number of halogens is 2. The van der Waals surface area contributed by atoms with Crippen LogP contribution in [-0.4, -0.2) is 18.9 Å². The first-order valence-corrected chi connectivity index (χ1v) is 10.8. The minimum Gasteiger partial charge on any atom is -0.497 e. The molecule has 1 heterocycles. The SMILES string of the molecule is COc1cccc(NC2=C(Sc3ccc(Cl)cc3)C(=O)N(c3ccc(Cl)cc3)C2=O)c1. The van der Waals surface area contributed by atoms with E-state index < -0.39 is 11.8 Å². The van der Waals surface area contributed by atoms with Crippen LogP contribution in [0.5, 0.6) is 5.75 Å². The van der Waals surface area contributed by atoms with Crippen LogP contribution in [0.3, 0.4) is 0 Å². The smallest absolute Gasteiger partial charge is 0.283 e. The molecule has 31 heavy (non-hydrogen) atoms. The molecule has 1 aliphatic heterocycles. The Hall–Kier alpha value is -2.93. The Morgan fingerprint density at radius 2 is 1.52 bits per heavy atom. The number of benzene rings is 3. The highest BCUT2D eigenvalue weighted by atomic mass is 35.5. The third kappa shape index (κ3) is 4.56. The molecule has 0 bridgehead atoms. The summed E-state index contributed by atoms with van der Waals surface area (Å²) in [6.45, 7) is 0. The van der Waals surface area contributed by atoms with Crippen LogP contribution in [0.1, 0.15) is 0 Å². The van der Waals surface area contributed by atoms with Crippen LogP contribution < -0.4 is 15.0 Å². The van der Waals surface area contributed by atoms with E-state index in [2.05, 4.69) is 5.32 Å². The summed E-state index contributed by atoms with van der Waals surface area (Å²) in [5.41, 5.74) is 1.26. The Morgan fingerprint density at radius 1 is 0.871 bits per heavy atom. The number of nitrogens with zero attached hydrogens (tertiary/aromatic N) is 1. The highest BCUT2D eigenvalue weighted by Gasteiger charge is 2.40. The molecule has 3 aromatic carbocycles. The van der Waals surface area contributed by atoms with Gasteiger partial charge in [0.25, 0.3) is 11.8 Å². The van der Waals surface area contributed by atoms with Crippen molar-refractivity contribution in [2.24, 2.45) is 0 Å². The lowest BCUT2D eigenvalue weighted by Gasteiger charge is -2.15. The number of rotatable bonds is 6. The van der Waals surface area contributed by atoms with Gasteiger partial charge in [-0.3, -0.25) is 9.59 Å². The summed E-state index contributed by atoms with van der Waals surface area (Å²) in [5, 5.41) is 4.21. The van der Waals surface area contributed by atoms with Crippen molar-refractivity contribution in [1.29, 1.82) is 0 Å². The Balaban J connectivity index is 1.74. The highest BCUT2D eigenvalue weighted by Crippen LogP contribution is 2.38. The van der Waals surface area contributed by atoms with E-state index in [9.17, 15) is 9.59 Å². The van der Waals surface area contributed by atoms with Gasteiger partial charge >= 0.3 is 0 Å². The molecular weight excluding hydrogens is 455 g/mol. The monoisotopic (exact) mass is 470 g/mol. The van der Waals surface area contributed by atoms with Gasteiger partial charge in [0, 0.05) is 26.7 Å². The van der Waals surface area contributed by atoms with Gasteiger partial charge in [0.2, 0.25) is 0 Å². The second-order valence-electron chi connectivity index (χ2n) is 6.54. The van der Waals surface area contributed by atoms with Gasteiger partial charge in [-0.1, -0.05) is 41.0 Å². The largest absolute Gasteiger partial charge is 0.497 e. The van der Waals surface area contributed by atoms with Crippen molar-refractivity contribution < 1.29 is 14.3 Å². The minimum absolute atomic E-state index is 0.188. The second kappa shape index (κ2) is 9.06. The fraction of sp³-hybridized carbons (Fsp3) is 0.0435. The van der Waals surface area contributed by atoms with Gasteiger partial charge in [-0.15, -0.1) is 0 Å². The maximum Gasteiger partial charge on any atom is 0.283 e. The van der Waals surface area contributed by atoms with Crippen molar-refractivity contribution in [3.8, 4) is 5.75 Å². The Kier molecular flexibility index (Phi) is 6.23. The molecule has 0 saturated heterocycles. The number of nitrogens with one attached hydrogen (secondary N) is 1. The van der Waals surface area contributed by atoms with Gasteiger partial charge in [0.05, 0.1) is 12.8 Å². The number of methoxy groups -OCH3 is 1.